The van der Waals surface area contributed by atoms with Crippen LogP contribution in [0.4, 0.5) is 0 Å². The first kappa shape index (κ1) is 24.4. The molecule has 0 radical (unpaired) electrons. The highest BCUT2D eigenvalue weighted by molar-refractivity contribution is 6.30. The lowest BCUT2D eigenvalue weighted by Crippen LogP contribution is -2.41. The first-order valence-electron chi connectivity index (χ1n) is 9.97. The van der Waals surface area contributed by atoms with Crippen LogP contribution in [-0.2, 0) is 16.0 Å². The van der Waals surface area contributed by atoms with E-state index in [-0.39, 0.29) is 25.2 Å². The van der Waals surface area contributed by atoms with Crippen molar-refractivity contribution in [1.82, 2.24) is 5.32 Å². The van der Waals surface area contributed by atoms with Gasteiger partial charge in [0, 0.05) is 11.6 Å². The maximum absolute atomic E-state index is 12.6. The van der Waals surface area contributed by atoms with Gasteiger partial charge in [-0.05, 0) is 62.2 Å². The van der Waals surface area contributed by atoms with Crippen LogP contribution in [-0.4, -0.2) is 45.0 Å². The monoisotopic (exact) mass is 445 g/mol. The number of amides is 1. The van der Waals surface area contributed by atoms with E-state index in [0.717, 1.165) is 5.56 Å². The second-order valence-corrected chi connectivity index (χ2v) is 7.40. The summed E-state index contributed by atoms with van der Waals surface area (Å²) in [5.41, 5.74) is 1.01. The Morgan fingerprint density at radius 3 is 2.55 bits per heavy atom. The first-order valence-corrected chi connectivity index (χ1v) is 10.4. The van der Waals surface area contributed by atoms with Crippen molar-refractivity contribution in [3.63, 3.8) is 0 Å². The number of rotatable bonds is 12. The lowest BCUT2D eigenvalue weighted by Gasteiger charge is -2.18. The third-order valence-electron chi connectivity index (χ3n) is 4.18. The summed E-state index contributed by atoms with van der Waals surface area (Å²) >= 11 is 5.87. The first-order chi connectivity index (χ1) is 14.9. The molecule has 2 aromatic carbocycles. The van der Waals surface area contributed by atoms with E-state index in [9.17, 15) is 4.79 Å². The number of carbonyl (C=O) groups is 1. The van der Waals surface area contributed by atoms with Gasteiger partial charge in [0.05, 0.1) is 13.2 Å². The quantitative estimate of drug-likeness (QED) is 0.502. The lowest BCUT2D eigenvalue weighted by molar-refractivity contribution is -0.133. The largest absolute Gasteiger partial charge is 0.493 e. The van der Waals surface area contributed by atoms with E-state index in [2.05, 4.69) is 11.2 Å². The molecule has 0 heterocycles. The molecule has 2 aromatic rings. The summed E-state index contributed by atoms with van der Waals surface area (Å²) in [7, 11) is 1.60. The van der Waals surface area contributed by atoms with Crippen molar-refractivity contribution in [2.24, 2.45) is 0 Å². The molecule has 7 heteroatoms. The van der Waals surface area contributed by atoms with Gasteiger partial charge < -0.3 is 24.3 Å². The Hall–Kier alpha value is -2.88. The van der Waals surface area contributed by atoms with Crippen LogP contribution in [0.1, 0.15) is 19.4 Å². The summed E-state index contributed by atoms with van der Waals surface area (Å²) in [6, 6.07) is 12.6. The van der Waals surface area contributed by atoms with Gasteiger partial charge in [-0.15, -0.1) is 6.42 Å². The highest BCUT2D eigenvalue weighted by atomic mass is 35.5. The SMILES string of the molecule is C#CCOC(COc1ccc(Cl)cc1)C(=O)NCCc1ccc(OC(C)C)c(OC)c1. The van der Waals surface area contributed by atoms with Crippen LogP contribution in [0.25, 0.3) is 0 Å². The number of benzene rings is 2. The van der Waals surface area contributed by atoms with Crippen molar-refractivity contribution in [2.75, 3.05) is 26.9 Å². The van der Waals surface area contributed by atoms with E-state index in [0.29, 0.717) is 35.2 Å². The normalized spacial score (nSPS) is 11.5. The van der Waals surface area contributed by atoms with Gasteiger partial charge in [-0.2, -0.15) is 0 Å². The molecule has 2 rings (SSSR count). The van der Waals surface area contributed by atoms with Crippen molar-refractivity contribution < 1.29 is 23.7 Å². The van der Waals surface area contributed by atoms with Gasteiger partial charge in [0.15, 0.2) is 17.6 Å². The van der Waals surface area contributed by atoms with Crippen LogP contribution in [0.15, 0.2) is 42.5 Å². The third kappa shape index (κ3) is 8.41. The van der Waals surface area contributed by atoms with Crippen LogP contribution in [0.2, 0.25) is 5.02 Å². The predicted octanol–water partition coefficient (Wildman–Crippen LogP) is 3.89. The highest BCUT2D eigenvalue weighted by Gasteiger charge is 2.20. The molecule has 0 saturated heterocycles. The van der Waals surface area contributed by atoms with Gasteiger partial charge in [-0.1, -0.05) is 23.6 Å². The van der Waals surface area contributed by atoms with Crippen LogP contribution in [0.3, 0.4) is 0 Å². The van der Waals surface area contributed by atoms with E-state index in [1.807, 2.05) is 32.0 Å². The molecule has 0 aromatic heterocycles. The maximum Gasteiger partial charge on any atom is 0.252 e. The molecule has 1 unspecified atom stereocenters. The second kappa shape index (κ2) is 12.7. The average Bonchev–Trinajstić information content (AvgIpc) is 2.75. The van der Waals surface area contributed by atoms with Gasteiger partial charge in [0.2, 0.25) is 0 Å². The molecule has 0 aliphatic heterocycles. The molecule has 1 atom stereocenters. The van der Waals surface area contributed by atoms with E-state index in [1.165, 1.54) is 0 Å². The minimum atomic E-state index is -0.830. The van der Waals surface area contributed by atoms with E-state index >= 15 is 0 Å². The van der Waals surface area contributed by atoms with Gasteiger partial charge in [0.25, 0.3) is 5.91 Å². The summed E-state index contributed by atoms with van der Waals surface area (Å²) < 4.78 is 22.2. The van der Waals surface area contributed by atoms with Crippen molar-refractivity contribution in [1.29, 1.82) is 0 Å². The van der Waals surface area contributed by atoms with Crippen LogP contribution in [0.5, 0.6) is 17.2 Å². The number of nitrogens with one attached hydrogen (secondary N) is 1. The molecule has 31 heavy (non-hydrogen) atoms. The van der Waals surface area contributed by atoms with E-state index < -0.39 is 6.10 Å². The number of terminal acetylenes is 1. The Morgan fingerprint density at radius 2 is 1.90 bits per heavy atom. The molecule has 1 N–H and O–H groups in total. The summed E-state index contributed by atoms with van der Waals surface area (Å²) in [4.78, 5) is 12.6. The van der Waals surface area contributed by atoms with Crippen molar-refractivity contribution in [2.45, 2.75) is 32.5 Å². The van der Waals surface area contributed by atoms with Gasteiger partial charge in [-0.3, -0.25) is 4.79 Å². The Kier molecular flexibility index (Phi) is 10.0. The molecular formula is C24H28ClNO5. The van der Waals surface area contributed by atoms with Crippen LogP contribution >= 0.6 is 11.6 Å². The van der Waals surface area contributed by atoms with Crippen LogP contribution in [0, 0.1) is 12.3 Å². The Labute approximate surface area is 188 Å². The summed E-state index contributed by atoms with van der Waals surface area (Å²) in [5, 5.41) is 3.47. The highest BCUT2D eigenvalue weighted by Crippen LogP contribution is 2.29. The molecular weight excluding hydrogens is 418 g/mol. The summed E-state index contributed by atoms with van der Waals surface area (Å²) in [6.45, 7) is 4.38. The fourth-order valence-electron chi connectivity index (χ4n) is 2.71. The minimum absolute atomic E-state index is 0.0105. The number of halogens is 1. The molecule has 0 aliphatic carbocycles. The molecule has 0 fully saturated rings. The molecule has 0 saturated carbocycles. The van der Waals surface area contributed by atoms with Crippen molar-refractivity contribution >= 4 is 17.5 Å². The number of ether oxygens (including phenoxy) is 4. The minimum Gasteiger partial charge on any atom is -0.493 e. The molecule has 0 aliphatic rings. The van der Waals surface area contributed by atoms with E-state index in [4.69, 9.17) is 37.0 Å². The number of hydrogen-bond acceptors (Lipinski definition) is 5. The Morgan fingerprint density at radius 1 is 1.16 bits per heavy atom. The smallest absolute Gasteiger partial charge is 0.252 e. The zero-order valence-electron chi connectivity index (χ0n) is 18.0. The molecule has 1 amide bonds. The topological polar surface area (TPSA) is 66.0 Å². The van der Waals surface area contributed by atoms with E-state index in [1.54, 1.807) is 31.4 Å². The van der Waals surface area contributed by atoms with Crippen LogP contribution < -0.4 is 19.5 Å². The molecule has 0 spiro atoms. The Balaban J connectivity index is 1.89. The number of methoxy groups -OCH3 is 1. The third-order valence-corrected chi connectivity index (χ3v) is 4.43. The second-order valence-electron chi connectivity index (χ2n) is 6.96. The summed E-state index contributed by atoms with van der Waals surface area (Å²) in [5.74, 6) is 4.01. The molecule has 0 bridgehead atoms. The average molecular weight is 446 g/mol. The fraction of sp³-hybridized carbons (Fsp3) is 0.375. The number of carbonyl (C=O) groups excluding carboxylic acids is 1. The zero-order chi connectivity index (χ0) is 22.6. The van der Waals surface area contributed by atoms with Gasteiger partial charge in [0.1, 0.15) is 19.0 Å². The van der Waals surface area contributed by atoms with Crippen molar-refractivity contribution in [3.8, 4) is 29.6 Å². The molecule has 166 valence electrons. The fourth-order valence-corrected chi connectivity index (χ4v) is 2.84. The Bertz CT molecular complexity index is 877. The van der Waals surface area contributed by atoms with Crippen molar-refractivity contribution in [3.05, 3.63) is 53.1 Å². The predicted molar refractivity (Wildman–Crippen MR) is 121 cm³/mol. The lowest BCUT2D eigenvalue weighted by atomic mass is 10.1. The molecule has 6 nitrogen and oxygen atoms in total. The maximum atomic E-state index is 12.6. The van der Waals surface area contributed by atoms with Gasteiger partial charge in [-0.25, -0.2) is 0 Å². The summed E-state index contributed by atoms with van der Waals surface area (Å²) in [6.07, 6.45) is 5.10. The standard InChI is InChI=1S/C24H28ClNO5/c1-5-14-29-23(16-30-20-9-7-19(25)8-10-20)24(27)26-13-12-18-6-11-21(31-17(2)3)22(15-18)28-4/h1,6-11,15,17,23H,12-14,16H2,2-4H3,(H,26,27). The number of hydrogen-bond donors (Lipinski definition) is 1. The van der Waals surface area contributed by atoms with Gasteiger partial charge >= 0.3 is 0 Å². The zero-order valence-corrected chi connectivity index (χ0v) is 18.8.